The molecular formula is C14H13N3O. The van der Waals surface area contributed by atoms with E-state index < -0.39 is 0 Å². The second kappa shape index (κ2) is 3.77. The molecule has 0 bridgehead atoms. The zero-order valence-corrected chi connectivity index (χ0v) is 9.97. The summed E-state index contributed by atoms with van der Waals surface area (Å²) in [7, 11) is 0. The molecule has 0 radical (unpaired) electrons. The molecule has 0 spiro atoms. The second-order valence-corrected chi connectivity index (χ2v) is 4.32. The van der Waals surface area contributed by atoms with Crippen molar-refractivity contribution in [1.82, 2.24) is 4.98 Å². The van der Waals surface area contributed by atoms with Gasteiger partial charge >= 0.3 is 0 Å². The third kappa shape index (κ3) is 1.68. The third-order valence-corrected chi connectivity index (χ3v) is 2.93. The maximum Gasteiger partial charge on any atom is 0.227 e. The van der Waals surface area contributed by atoms with Gasteiger partial charge in [-0.25, -0.2) is 4.98 Å². The number of hydrogen-bond donors (Lipinski definition) is 2. The van der Waals surface area contributed by atoms with E-state index in [2.05, 4.69) is 4.98 Å². The van der Waals surface area contributed by atoms with Gasteiger partial charge in [0.25, 0.3) is 0 Å². The van der Waals surface area contributed by atoms with Gasteiger partial charge in [0.15, 0.2) is 5.58 Å². The molecule has 0 saturated carbocycles. The molecule has 1 heterocycles. The summed E-state index contributed by atoms with van der Waals surface area (Å²) in [6, 6.07) is 11.1. The summed E-state index contributed by atoms with van der Waals surface area (Å²) >= 11 is 0. The Balaban J connectivity index is 2.16. The van der Waals surface area contributed by atoms with Crippen LogP contribution in [0.2, 0.25) is 0 Å². The highest BCUT2D eigenvalue weighted by Gasteiger charge is 2.09. The smallest absolute Gasteiger partial charge is 0.227 e. The molecule has 18 heavy (non-hydrogen) atoms. The number of aromatic nitrogens is 1. The minimum atomic E-state index is 0.579. The Hall–Kier alpha value is -2.49. The fourth-order valence-electron chi connectivity index (χ4n) is 1.84. The Bertz CT molecular complexity index is 675. The van der Waals surface area contributed by atoms with Crippen molar-refractivity contribution >= 4 is 22.5 Å². The molecule has 4 nitrogen and oxygen atoms in total. The van der Waals surface area contributed by atoms with Crippen LogP contribution >= 0.6 is 0 Å². The Morgan fingerprint density at radius 1 is 1.06 bits per heavy atom. The van der Waals surface area contributed by atoms with Gasteiger partial charge < -0.3 is 15.9 Å². The van der Waals surface area contributed by atoms with Crippen molar-refractivity contribution in [2.75, 3.05) is 11.5 Å². The molecule has 0 fully saturated rings. The molecule has 90 valence electrons. The quantitative estimate of drug-likeness (QED) is 0.640. The number of aryl methyl sites for hydroxylation is 1. The average Bonchev–Trinajstić information content (AvgIpc) is 2.73. The maximum atomic E-state index is 5.86. The molecule has 1 aromatic heterocycles. The molecule has 3 rings (SSSR count). The van der Waals surface area contributed by atoms with E-state index in [4.69, 9.17) is 15.9 Å². The van der Waals surface area contributed by atoms with Crippen LogP contribution in [0.15, 0.2) is 40.8 Å². The standard InChI is InChI=1S/C14H13N3O/c1-8-6-13-12(7-11(8)16)17-14(18-13)9-2-4-10(15)5-3-9/h2-7H,15-16H2,1H3. The predicted molar refractivity (Wildman–Crippen MR) is 73.0 cm³/mol. The Labute approximate surface area is 104 Å². The molecule has 0 amide bonds. The number of fused-ring (bicyclic) bond motifs is 1. The summed E-state index contributed by atoms with van der Waals surface area (Å²) in [5.74, 6) is 0.579. The topological polar surface area (TPSA) is 78.1 Å². The number of rotatable bonds is 1. The molecule has 2 aromatic carbocycles. The van der Waals surface area contributed by atoms with Gasteiger partial charge in [-0.05, 0) is 48.9 Å². The van der Waals surface area contributed by atoms with Gasteiger partial charge in [-0.15, -0.1) is 0 Å². The fraction of sp³-hybridized carbons (Fsp3) is 0.0714. The lowest BCUT2D eigenvalue weighted by molar-refractivity contribution is 0.619. The molecule has 4 heteroatoms. The van der Waals surface area contributed by atoms with Crippen LogP contribution in [0.3, 0.4) is 0 Å². The van der Waals surface area contributed by atoms with Crippen molar-refractivity contribution in [2.45, 2.75) is 6.92 Å². The van der Waals surface area contributed by atoms with Crippen LogP contribution < -0.4 is 11.5 Å². The Morgan fingerprint density at radius 3 is 2.50 bits per heavy atom. The van der Waals surface area contributed by atoms with Gasteiger partial charge in [-0.2, -0.15) is 0 Å². The highest BCUT2D eigenvalue weighted by atomic mass is 16.3. The SMILES string of the molecule is Cc1cc2oc(-c3ccc(N)cc3)nc2cc1N. The lowest BCUT2D eigenvalue weighted by Crippen LogP contribution is -1.88. The number of oxazole rings is 1. The first-order valence-electron chi connectivity index (χ1n) is 5.66. The summed E-state index contributed by atoms with van der Waals surface area (Å²) in [6.45, 7) is 1.94. The van der Waals surface area contributed by atoms with E-state index >= 15 is 0 Å². The number of nitrogen functional groups attached to an aromatic ring is 2. The van der Waals surface area contributed by atoms with Crippen molar-refractivity contribution in [1.29, 1.82) is 0 Å². The van der Waals surface area contributed by atoms with Gasteiger partial charge in [0, 0.05) is 16.9 Å². The molecule has 0 atom stereocenters. The first-order chi connectivity index (χ1) is 8.63. The van der Waals surface area contributed by atoms with Crippen molar-refractivity contribution in [2.24, 2.45) is 0 Å². The summed E-state index contributed by atoms with van der Waals surface area (Å²) in [5.41, 5.74) is 16.3. The van der Waals surface area contributed by atoms with Crippen LogP contribution in [0.5, 0.6) is 0 Å². The summed E-state index contributed by atoms with van der Waals surface area (Å²) in [6.07, 6.45) is 0. The normalized spacial score (nSPS) is 10.9. The first kappa shape index (κ1) is 10.7. The molecule has 0 aliphatic heterocycles. The zero-order chi connectivity index (χ0) is 12.7. The van der Waals surface area contributed by atoms with Gasteiger partial charge in [-0.3, -0.25) is 0 Å². The van der Waals surface area contributed by atoms with Crippen LogP contribution in [0.25, 0.3) is 22.6 Å². The number of nitrogens with two attached hydrogens (primary N) is 2. The average molecular weight is 239 g/mol. The van der Waals surface area contributed by atoms with Crippen molar-refractivity contribution < 1.29 is 4.42 Å². The minimum Gasteiger partial charge on any atom is -0.436 e. The van der Waals surface area contributed by atoms with E-state index in [-0.39, 0.29) is 0 Å². The van der Waals surface area contributed by atoms with Crippen LogP contribution in [0, 0.1) is 6.92 Å². The van der Waals surface area contributed by atoms with Gasteiger partial charge in [0.1, 0.15) is 5.52 Å². The fourth-order valence-corrected chi connectivity index (χ4v) is 1.84. The Morgan fingerprint density at radius 2 is 1.78 bits per heavy atom. The predicted octanol–water partition coefficient (Wildman–Crippen LogP) is 2.97. The second-order valence-electron chi connectivity index (χ2n) is 4.32. The van der Waals surface area contributed by atoms with Crippen LogP contribution in [0.4, 0.5) is 11.4 Å². The molecule has 0 saturated heterocycles. The maximum absolute atomic E-state index is 5.86. The highest BCUT2D eigenvalue weighted by Crippen LogP contribution is 2.27. The number of nitrogens with zero attached hydrogens (tertiary/aromatic N) is 1. The summed E-state index contributed by atoms with van der Waals surface area (Å²) in [4.78, 5) is 4.43. The highest BCUT2D eigenvalue weighted by molar-refractivity contribution is 5.81. The summed E-state index contributed by atoms with van der Waals surface area (Å²) in [5, 5.41) is 0. The summed E-state index contributed by atoms with van der Waals surface area (Å²) < 4.78 is 5.72. The van der Waals surface area contributed by atoms with Gasteiger partial charge in [-0.1, -0.05) is 0 Å². The number of hydrogen-bond acceptors (Lipinski definition) is 4. The lowest BCUT2D eigenvalue weighted by atomic mass is 10.2. The van der Waals surface area contributed by atoms with Crippen LogP contribution in [-0.2, 0) is 0 Å². The van der Waals surface area contributed by atoms with Crippen LogP contribution in [-0.4, -0.2) is 4.98 Å². The third-order valence-electron chi connectivity index (χ3n) is 2.93. The first-order valence-corrected chi connectivity index (χ1v) is 5.66. The zero-order valence-electron chi connectivity index (χ0n) is 9.97. The monoisotopic (exact) mass is 239 g/mol. The molecule has 0 aliphatic carbocycles. The van der Waals surface area contributed by atoms with E-state index in [0.29, 0.717) is 5.89 Å². The van der Waals surface area contributed by atoms with E-state index in [1.165, 1.54) is 0 Å². The van der Waals surface area contributed by atoms with Crippen molar-refractivity contribution in [3.05, 3.63) is 42.0 Å². The molecule has 4 N–H and O–H groups in total. The molecular weight excluding hydrogens is 226 g/mol. The van der Waals surface area contributed by atoms with Crippen molar-refractivity contribution in [3.8, 4) is 11.5 Å². The minimum absolute atomic E-state index is 0.579. The largest absolute Gasteiger partial charge is 0.436 e. The van der Waals surface area contributed by atoms with Gasteiger partial charge in [0.05, 0.1) is 0 Å². The van der Waals surface area contributed by atoms with Crippen molar-refractivity contribution in [3.63, 3.8) is 0 Å². The Kier molecular flexibility index (Phi) is 2.23. The molecule has 0 aliphatic rings. The van der Waals surface area contributed by atoms with Gasteiger partial charge in [0.2, 0.25) is 5.89 Å². The van der Waals surface area contributed by atoms with E-state index in [0.717, 1.165) is 33.6 Å². The number of benzene rings is 2. The lowest BCUT2D eigenvalue weighted by Gasteiger charge is -1.96. The molecule has 0 unspecified atom stereocenters. The van der Waals surface area contributed by atoms with Crippen LogP contribution in [0.1, 0.15) is 5.56 Å². The van der Waals surface area contributed by atoms with E-state index in [1.807, 2.05) is 43.3 Å². The van der Waals surface area contributed by atoms with E-state index in [9.17, 15) is 0 Å². The van der Waals surface area contributed by atoms with E-state index in [1.54, 1.807) is 0 Å². The molecule has 3 aromatic rings. The number of anilines is 2.